The number of hydrogen-bond donors (Lipinski definition) is 1. The highest BCUT2D eigenvalue weighted by Crippen LogP contribution is 2.15. The summed E-state index contributed by atoms with van der Waals surface area (Å²) in [6, 6.07) is 0. The summed E-state index contributed by atoms with van der Waals surface area (Å²) in [5.41, 5.74) is 0.663. The van der Waals surface area contributed by atoms with E-state index in [1.807, 2.05) is 12.2 Å². The van der Waals surface area contributed by atoms with Gasteiger partial charge in [0.2, 0.25) is 0 Å². The van der Waals surface area contributed by atoms with E-state index in [0.717, 1.165) is 12.8 Å². The average Bonchev–Trinajstić information content (AvgIpc) is 2.31. The first-order valence-electron chi connectivity index (χ1n) is 4.33. The smallest absolute Gasteiger partial charge is 0.165 e. The Bertz CT molecular complexity index is 226. The van der Waals surface area contributed by atoms with Crippen LogP contribution in [0, 0.1) is 0 Å². The van der Waals surface area contributed by atoms with Crippen molar-refractivity contribution in [2.75, 3.05) is 0 Å². The van der Waals surface area contributed by atoms with Gasteiger partial charge in [-0.2, -0.15) is 0 Å². The molecule has 66 valence electrons. The first kappa shape index (κ1) is 9.20. The predicted octanol–water partition coefficient (Wildman–Crippen LogP) is 1.60. The van der Waals surface area contributed by atoms with Crippen LogP contribution in [-0.2, 0) is 4.79 Å². The summed E-state index contributed by atoms with van der Waals surface area (Å²) in [7, 11) is 0. The molecule has 2 heteroatoms. The Morgan fingerprint density at radius 2 is 2.50 bits per heavy atom. The third kappa shape index (κ3) is 2.31. The molecular weight excluding hydrogens is 152 g/mol. The van der Waals surface area contributed by atoms with Gasteiger partial charge < -0.3 is 5.11 Å². The van der Waals surface area contributed by atoms with Crippen LogP contribution in [0.1, 0.15) is 26.2 Å². The van der Waals surface area contributed by atoms with Crippen molar-refractivity contribution in [1.29, 1.82) is 0 Å². The molecule has 1 aliphatic carbocycles. The summed E-state index contributed by atoms with van der Waals surface area (Å²) in [5, 5.41) is 9.10. The molecule has 0 bridgehead atoms. The lowest BCUT2D eigenvalue weighted by atomic mass is 10.2. The highest BCUT2D eigenvalue weighted by Gasteiger charge is 2.19. The van der Waals surface area contributed by atoms with Crippen molar-refractivity contribution in [1.82, 2.24) is 0 Å². The van der Waals surface area contributed by atoms with E-state index in [4.69, 9.17) is 5.11 Å². The van der Waals surface area contributed by atoms with Gasteiger partial charge in [0.25, 0.3) is 0 Å². The number of aliphatic hydroxyl groups excluding tert-OH is 1. The zero-order valence-corrected chi connectivity index (χ0v) is 7.29. The Morgan fingerprint density at radius 3 is 3.00 bits per heavy atom. The molecule has 1 N–H and O–H groups in total. The molecule has 2 nitrogen and oxygen atoms in total. The van der Waals surface area contributed by atoms with Gasteiger partial charge in [0.05, 0.1) is 6.10 Å². The Labute approximate surface area is 72.6 Å². The second-order valence-corrected chi connectivity index (χ2v) is 3.01. The minimum absolute atomic E-state index is 0.0508. The number of carbonyl (C=O) groups is 1. The van der Waals surface area contributed by atoms with Crippen LogP contribution in [-0.4, -0.2) is 17.0 Å². The van der Waals surface area contributed by atoms with Gasteiger partial charge in [0.1, 0.15) is 0 Å². The normalized spacial score (nSPS) is 23.7. The van der Waals surface area contributed by atoms with Gasteiger partial charge in [0.15, 0.2) is 5.78 Å². The van der Waals surface area contributed by atoms with Gasteiger partial charge in [-0.25, -0.2) is 0 Å². The maximum Gasteiger partial charge on any atom is 0.165 e. The Morgan fingerprint density at radius 1 is 1.75 bits per heavy atom. The molecule has 0 aliphatic heterocycles. The molecule has 0 amide bonds. The zero-order valence-electron chi connectivity index (χ0n) is 7.29. The van der Waals surface area contributed by atoms with Gasteiger partial charge in [-0.1, -0.05) is 25.5 Å². The summed E-state index contributed by atoms with van der Waals surface area (Å²) in [4.78, 5) is 11.1. The van der Waals surface area contributed by atoms with Crippen LogP contribution in [0.3, 0.4) is 0 Å². The molecule has 0 saturated heterocycles. The van der Waals surface area contributed by atoms with Crippen molar-refractivity contribution in [2.45, 2.75) is 32.3 Å². The molecule has 12 heavy (non-hydrogen) atoms. The lowest BCUT2D eigenvalue weighted by Crippen LogP contribution is -2.00. The van der Waals surface area contributed by atoms with Gasteiger partial charge in [0, 0.05) is 12.0 Å². The third-order valence-electron chi connectivity index (χ3n) is 1.84. The molecule has 0 aromatic rings. The van der Waals surface area contributed by atoms with Gasteiger partial charge in [-0.3, -0.25) is 4.79 Å². The Balaban J connectivity index is 2.52. The van der Waals surface area contributed by atoms with E-state index in [1.165, 1.54) is 0 Å². The molecule has 1 atom stereocenters. The van der Waals surface area contributed by atoms with E-state index in [-0.39, 0.29) is 12.2 Å². The molecule has 1 unspecified atom stereocenters. The standard InChI is InChI=1S/C10H14O2/c1-2-3-4-5-8-6-9(11)7-10(8)12/h4-6,9,11H,2-3,7H2,1H3. The zero-order chi connectivity index (χ0) is 8.97. The number of allylic oxidation sites excluding steroid dienone is 3. The first-order valence-corrected chi connectivity index (χ1v) is 4.33. The van der Waals surface area contributed by atoms with E-state index in [2.05, 4.69) is 6.92 Å². The summed E-state index contributed by atoms with van der Waals surface area (Å²) in [6.45, 7) is 2.09. The molecule has 1 rings (SSSR count). The van der Waals surface area contributed by atoms with Crippen molar-refractivity contribution >= 4 is 5.78 Å². The lowest BCUT2D eigenvalue weighted by molar-refractivity contribution is -0.115. The van der Waals surface area contributed by atoms with Crippen LogP contribution in [0.25, 0.3) is 0 Å². The van der Waals surface area contributed by atoms with Gasteiger partial charge in [-0.05, 0) is 12.5 Å². The largest absolute Gasteiger partial charge is 0.389 e. The molecule has 0 radical (unpaired) electrons. The van der Waals surface area contributed by atoms with E-state index in [9.17, 15) is 4.79 Å². The van der Waals surface area contributed by atoms with Crippen molar-refractivity contribution in [2.24, 2.45) is 0 Å². The topological polar surface area (TPSA) is 37.3 Å². The Hall–Kier alpha value is -0.890. The van der Waals surface area contributed by atoms with Crippen LogP contribution in [0.2, 0.25) is 0 Å². The second-order valence-electron chi connectivity index (χ2n) is 3.01. The maximum absolute atomic E-state index is 11.1. The molecule has 0 spiro atoms. The van der Waals surface area contributed by atoms with Crippen molar-refractivity contribution in [3.8, 4) is 0 Å². The number of carbonyl (C=O) groups excluding carboxylic acids is 1. The van der Waals surface area contributed by atoms with Crippen LogP contribution in [0.5, 0.6) is 0 Å². The van der Waals surface area contributed by atoms with E-state index >= 15 is 0 Å². The number of unbranched alkanes of at least 4 members (excludes halogenated alkanes) is 1. The molecule has 1 aliphatic rings. The summed E-state index contributed by atoms with van der Waals surface area (Å²) in [5.74, 6) is 0.0508. The average molecular weight is 166 g/mol. The highest BCUT2D eigenvalue weighted by atomic mass is 16.3. The van der Waals surface area contributed by atoms with Gasteiger partial charge >= 0.3 is 0 Å². The van der Waals surface area contributed by atoms with Crippen LogP contribution >= 0.6 is 0 Å². The van der Waals surface area contributed by atoms with Crippen LogP contribution in [0.15, 0.2) is 23.8 Å². The lowest BCUT2D eigenvalue weighted by Gasteiger charge is -1.89. The summed E-state index contributed by atoms with van der Waals surface area (Å²) >= 11 is 0. The fourth-order valence-electron chi connectivity index (χ4n) is 1.19. The molecular formula is C10H14O2. The van der Waals surface area contributed by atoms with E-state index < -0.39 is 6.10 Å². The molecule has 0 aromatic heterocycles. The minimum atomic E-state index is -0.557. The second kappa shape index (κ2) is 4.21. The summed E-state index contributed by atoms with van der Waals surface area (Å²) < 4.78 is 0. The van der Waals surface area contributed by atoms with Crippen LogP contribution in [0.4, 0.5) is 0 Å². The van der Waals surface area contributed by atoms with Crippen molar-refractivity contribution in [3.05, 3.63) is 23.8 Å². The quantitative estimate of drug-likeness (QED) is 0.691. The highest BCUT2D eigenvalue weighted by molar-refractivity contribution is 6.00. The van der Waals surface area contributed by atoms with Gasteiger partial charge in [-0.15, -0.1) is 0 Å². The number of aliphatic hydroxyl groups is 1. The third-order valence-corrected chi connectivity index (χ3v) is 1.84. The number of hydrogen-bond acceptors (Lipinski definition) is 2. The predicted molar refractivity (Wildman–Crippen MR) is 47.8 cm³/mol. The van der Waals surface area contributed by atoms with Crippen LogP contribution < -0.4 is 0 Å². The molecule has 0 fully saturated rings. The fourth-order valence-corrected chi connectivity index (χ4v) is 1.19. The van der Waals surface area contributed by atoms with Crippen molar-refractivity contribution in [3.63, 3.8) is 0 Å². The molecule has 0 saturated carbocycles. The monoisotopic (exact) mass is 166 g/mol. The summed E-state index contributed by atoms with van der Waals surface area (Å²) in [6.07, 6.45) is 7.17. The first-order chi connectivity index (χ1) is 5.74. The van der Waals surface area contributed by atoms with Crippen molar-refractivity contribution < 1.29 is 9.90 Å². The minimum Gasteiger partial charge on any atom is -0.389 e. The molecule has 0 aromatic carbocycles. The SMILES string of the molecule is CCCC=CC1=CC(O)CC1=O. The maximum atomic E-state index is 11.1. The number of rotatable bonds is 3. The van der Waals surface area contributed by atoms with E-state index in [1.54, 1.807) is 6.08 Å². The number of ketones is 1. The molecule has 0 heterocycles. The Kier molecular flexibility index (Phi) is 3.23. The van der Waals surface area contributed by atoms with E-state index in [0.29, 0.717) is 5.57 Å². The fraction of sp³-hybridized carbons (Fsp3) is 0.500. The number of Topliss-reactive ketones (excluding diaryl/α,β-unsaturated/α-hetero) is 1.